The molecule has 0 spiro atoms. The Bertz CT molecular complexity index is 581. The van der Waals surface area contributed by atoms with Crippen molar-refractivity contribution in [3.05, 3.63) is 29.3 Å². The van der Waals surface area contributed by atoms with Gasteiger partial charge in [0.1, 0.15) is 5.57 Å². The molecule has 19 heavy (non-hydrogen) atoms. The lowest BCUT2D eigenvalue weighted by molar-refractivity contribution is -0.134. The summed E-state index contributed by atoms with van der Waals surface area (Å²) in [5, 5.41) is 27.6. The monoisotopic (exact) mass is 264 g/mol. The van der Waals surface area contributed by atoms with Crippen LogP contribution in [0.2, 0.25) is 0 Å². The largest absolute Gasteiger partial charge is 0.504 e. The minimum atomic E-state index is -1.52. The second-order valence-corrected chi connectivity index (χ2v) is 3.87. The Labute approximate surface area is 108 Å². The first-order valence-corrected chi connectivity index (χ1v) is 5.27. The van der Waals surface area contributed by atoms with Crippen molar-refractivity contribution in [2.45, 2.75) is 13.8 Å². The lowest BCUT2D eigenvalue weighted by Crippen LogP contribution is -2.15. The van der Waals surface area contributed by atoms with Crippen LogP contribution < -0.4 is 0 Å². The van der Waals surface area contributed by atoms with Crippen molar-refractivity contribution in [3.8, 4) is 11.5 Å². The number of Topliss-reactive ketones (excluding diaryl/α,β-unsaturated/α-hetero) is 2. The summed E-state index contributed by atoms with van der Waals surface area (Å²) in [5.74, 6) is -3.84. The maximum atomic E-state index is 11.6. The van der Waals surface area contributed by atoms with Crippen molar-refractivity contribution >= 4 is 23.1 Å². The molecule has 6 heteroatoms. The minimum absolute atomic E-state index is 0.0513. The molecular weight excluding hydrogens is 252 g/mol. The fourth-order valence-electron chi connectivity index (χ4n) is 1.64. The van der Waals surface area contributed by atoms with E-state index in [2.05, 4.69) is 0 Å². The summed E-state index contributed by atoms with van der Waals surface area (Å²) < 4.78 is 0. The number of phenols is 2. The third-order valence-corrected chi connectivity index (χ3v) is 2.43. The smallest absolute Gasteiger partial charge is 0.340 e. The van der Waals surface area contributed by atoms with Crippen LogP contribution in [0, 0.1) is 0 Å². The number of carbonyl (C=O) groups is 3. The number of carboxylic acid groups (broad SMARTS) is 1. The fourth-order valence-corrected chi connectivity index (χ4v) is 1.64. The van der Waals surface area contributed by atoms with Crippen LogP contribution in [0.5, 0.6) is 11.5 Å². The molecule has 100 valence electrons. The minimum Gasteiger partial charge on any atom is -0.504 e. The van der Waals surface area contributed by atoms with Crippen LogP contribution in [-0.4, -0.2) is 32.9 Å². The number of carboxylic acids is 1. The summed E-state index contributed by atoms with van der Waals surface area (Å²) in [7, 11) is 0. The molecule has 0 aliphatic rings. The third kappa shape index (κ3) is 2.98. The van der Waals surface area contributed by atoms with E-state index in [1.807, 2.05) is 0 Å². The van der Waals surface area contributed by atoms with Gasteiger partial charge in [-0.15, -0.1) is 0 Å². The van der Waals surface area contributed by atoms with Gasteiger partial charge in [-0.05, 0) is 31.5 Å². The second-order valence-electron chi connectivity index (χ2n) is 3.87. The Morgan fingerprint density at radius 3 is 1.89 bits per heavy atom. The molecule has 3 N–H and O–H groups in total. The van der Waals surface area contributed by atoms with Crippen LogP contribution >= 0.6 is 0 Å². The molecular formula is C13H12O6. The number of benzene rings is 1. The predicted molar refractivity (Wildman–Crippen MR) is 65.7 cm³/mol. The molecule has 0 saturated carbocycles. The Hall–Kier alpha value is -2.63. The first-order valence-electron chi connectivity index (χ1n) is 5.27. The molecule has 0 aliphatic carbocycles. The molecule has 0 fully saturated rings. The molecule has 0 aliphatic heterocycles. The van der Waals surface area contributed by atoms with Gasteiger partial charge in [-0.3, -0.25) is 9.59 Å². The van der Waals surface area contributed by atoms with Gasteiger partial charge in [-0.2, -0.15) is 0 Å². The number of carbonyl (C=O) groups excluding carboxylic acids is 2. The molecule has 0 saturated heterocycles. The van der Waals surface area contributed by atoms with E-state index in [1.165, 1.54) is 6.07 Å². The van der Waals surface area contributed by atoms with Gasteiger partial charge in [0, 0.05) is 5.57 Å². The summed E-state index contributed by atoms with van der Waals surface area (Å²) in [5.41, 5.74) is -0.914. The van der Waals surface area contributed by atoms with Crippen LogP contribution in [-0.2, 0) is 14.4 Å². The van der Waals surface area contributed by atoms with E-state index in [1.54, 1.807) is 0 Å². The van der Waals surface area contributed by atoms with Gasteiger partial charge in [0.2, 0.25) is 0 Å². The lowest BCUT2D eigenvalue weighted by atomic mass is 9.94. The molecule has 1 aromatic rings. The number of ketones is 2. The summed E-state index contributed by atoms with van der Waals surface area (Å²) in [6, 6.07) is 3.38. The van der Waals surface area contributed by atoms with Gasteiger partial charge in [0.05, 0.1) is 0 Å². The highest BCUT2D eigenvalue weighted by Gasteiger charge is 2.23. The molecule has 0 amide bonds. The maximum Gasteiger partial charge on any atom is 0.340 e. The van der Waals surface area contributed by atoms with Crippen molar-refractivity contribution in [1.29, 1.82) is 0 Å². The van der Waals surface area contributed by atoms with Crippen molar-refractivity contribution < 1.29 is 29.7 Å². The van der Waals surface area contributed by atoms with Crippen LogP contribution in [0.1, 0.15) is 19.4 Å². The molecule has 0 unspecified atom stereocenters. The molecule has 0 heterocycles. The van der Waals surface area contributed by atoms with Crippen molar-refractivity contribution in [2.24, 2.45) is 0 Å². The van der Waals surface area contributed by atoms with E-state index in [9.17, 15) is 24.6 Å². The van der Waals surface area contributed by atoms with E-state index in [4.69, 9.17) is 5.11 Å². The summed E-state index contributed by atoms with van der Waals surface area (Å²) in [6.45, 7) is 2.15. The third-order valence-electron chi connectivity index (χ3n) is 2.43. The Balaban J connectivity index is 3.64. The van der Waals surface area contributed by atoms with E-state index in [0.29, 0.717) is 0 Å². The van der Waals surface area contributed by atoms with E-state index >= 15 is 0 Å². The molecule has 0 atom stereocenters. The Morgan fingerprint density at radius 1 is 0.947 bits per heavy atom. The number of rotatable bonds is 4. The average Bonchev–Trinajstić information content (AvgIpc) is 2.28. The highest BCUT2D eigenvalue weighted by molar-refractivity contribution is 6.34. The summed E-state index contributed by atoms with van der Waals surface area (Å²) in [4.78, 5) is 34.0. The van der Waals surface area contributed by atoms with E-state index in [-0.39, 0.29) is 11.1 Å². The summed E-state index contributed by atoms with van der Waals surface area (Å²) >= 11 is 0. The zero-order chi connectivity index (χ0) is 14.7. The predicted octanol–water partition coefficient (Wildman–Crippen LogP) is 1.11. The normalized spacial score (nSPS) is 11.7. The SMILES string of the molecule is CC(=O)/C(C(=O)O)=C(/C(C)=O)c1ccc(O)c(O)c1. The molecule has 1 aromatic carbocycles. The maximum absolute atomic E-state index is 11.6. The van der Waals surface area contributed by atoms with Crippen molar-refractivity contribution in [3.63, 3.8) is 0 Å². The van der Waals surface area contributed by atoms with Crippen molar-refractivity contribution in [1.82, 2.24) is 0 Å². The van der Waals surface area contributed by atoms with E-state index < -0.39 is 34.6 Å². The Kier molecular flexibility index (Phi) is 4.06. The standard InChI is InChI=1S/C13H12O6/c1-6(14)11(12(7(2)15)13(18)19)8-3-4-9(16)10(17)5-8/h3-5,16-17H,1-2H3,(H,18,19)/b12-11+. The van der Waals surface area contributed by atoms with Crippen LogP contribution in [0.4, 0.5) is 0 Å². The Morgan fingerprint density at radius 2 is 1.53 bits per heavy atom. The average molecular weight is 264 g/mol. The molecule has 1 rings (SSSR count). The van der Waals surface area contributed by atoms with Crippen molar-refractivity contribution in [2.75, 3.05) is 0 Å². The molecule has 0 bridgehead atoms. The van der Waals surface area contributed by atoms with Gasteiger partial charge in [-0.25, -0.2) is 4.79 Å². The number of phenolic OH excluding ortho intramolecular Hbond substituents is 2. The number of aliphatic carboxylic acids is 1. The lowest BCUT2D eigenvalue weighted by Gasteiger charge is -2.09. The van der Waals surface area contributed by atoms with E-state index in [0.717, 1.165) is 26.0 Å². The highest BCUT2D eigenvalue weighted by Crippen LogP contribution is 2.30. The fraction of sp³-hybridized carbons (Fsp3) is 0.154. The van der Waals surface area contributed by atoms with Gasteiger partial charge in [0.25, 0.3) is 0 Å². The van der Waals surface area contributed by atoms with Gasteiger partial charge in [0.15, 0.2) is 23.1 Å². The molecule has 0 radical (unpaired) electrons. The zero-order valence-electron chi connectivity index (χ0n) is 10.3. The molecule has 0 aromatic heterocycles. The first-order chi connectivity index (χ1) is 8.75. The number of hydrogen-bond acceptors (Lipinski definition) is 5. The molecule has 6 nitrogen and oxygen atoms in total. The van der Waals surface area contributed by atoms with Gasteiger partial charge < -0.3 is 15.3 Å². The summed E-state index contributed by atoms with van der Waals surface area (Å²) in [6.07, 6.45) is 0. The quantitative estimate of drug-likeness (QED) is 0.325. The van der Waals surface area contributed by atoms with Crippen LogP contribution in [0.3, 0.4) is 0 Å². The highest BCUT2D eigenvalue weighted by atomic mass is 16.4. The number of aromatic hydroxyl groups is 2. The van der Waals surface area contributed by atoms with Crippen LogP contribution in [0.15, 0.2) is 23.8 Å². The first kappa shape index (κ1) is 14.4. The van der Waals surface area contributed by atoms with Gasteiger partial charge in [-0.1, -0.05) is 6.07 Å². The second kappa shape index (κ2) is 5.34. The van der Waals surface area contributed by atoms with Crippen LogP contribution in [0.25, 0.3) is 5.57 Å². The number of hydrogen-bond donors (Lipinski definition) is 3. The number of allylic oxidation sites excluding steroid dienone is 1. The topological polar surface area (TPSA) is 112 Å². The van der Waals surface area contributed by atoms with Gasteiger partial charge >= 0.3 is 5.97 Å². The zero-order valence-corrected chi connectivity index (χ0v) is 10.3.